The number of carbonyl (C=O) groups is 1. The van der Waals surface area contributed by atoms with Crippen LogP contribution in [0.1, 0.15) is 17.3 Å². The Balaban J connectivity index is 2.39. The molecule has 0 saturated carbocycles. The molecule has 2 aromatic carbocycles. The van der Waals surface area contributed by atoms with Crippen LogP contribution in [0.15, 0.2) is 40.9 Å². The molecule has 1 amide bonds. The molecule has 0 spiro atoms. The molecule has 0 aliphatic rings. The number of benzene rings is 2. The number of hydrogen-bond donors (Lipinski definition) is 0. The number of rotatable bonds is 2. The third kappa shape index (κ3) is 2.77. The van der Waals surface area contributed by atoms with Gasteiger partial charge in [0, 0.05) is 17.1 Å². The van der Waals surface area contributed by atoms with E-state index < -0.39 is 6.04 Å². The lowest BCUT2D eigenvalue weighted by molar-refractivity contribution is 0.0773. The summed E-state index contributed by atoms with van der Waals surface area (Å²) >= 11 is 3.42. The van der Waals surface area contributed by atoms with Gasteiger partial charge < -0.3 is 4.90 Å². The van der Waals surface area contributed by atoms with E-state index in [-0.39, 0.29) is 5.91 Å². The molecule has 0 N–H and O–H groups in total. The zero-order valence-corrected chi connectivity index (χ0v) is 12.3. The van der Waals surface area contributed by atoms with Crippen molar-refractivity contribution in [3.63, 3.8) is 0 Å². The Hall–Kier alpha value is -1.86. The quantitative estimate of drug-likeness (QED) is 0.849. The van der Waals surface area contributed by atoms with Crippen molar-refractivity contribution in [1.82, 2.24) is 4.90 Å². The highest BCUT2D eigenvalue weighted by atomic mass is 79.9. The van der Waals surface area contributed by atoms with E-state index in [1.54, 1.807) is 20.0 Å². The number of fused-ring (bicyclic) bond motifs is 1. The van der Waals surface area contributed by atoms with Crippen LogP contribution in [0.4, 0.5) is 0 Å². The second kappa shape index (κ2) is 5.41. The first-order valence-corrected chi connectivity index (χ1v) is 6.68. The summed E-state index contributed by atoms with van der Waals surface area (Å²) in [6, 6.07) is 13.1. The predicted octanol–water partition coefficient (Wildman–Crippen LogP) is 3.59. The molecule has 4 heteroatoms. The van der Waals surface area contributed by atoms with Crippen molar-refractivity contribution in [3.8, 4) is 6.07 Å². The standard InChI is InChI=1S/C15H13BrN2O/c1-10(9-17)18(2)15(19)13-4-3-12-8-14(16)6-5-11(12)7-13/h3-8,10H,1-2H3. The molecule has 0 fully saturated rings. The first kappa shape index (κ1) is 13.6. The molecule has 0 saturated heterocycles. The fraction of sp³-hybridized carbons (Fsp3) is 0.200. The highest BCUT2D eigenvalue weighted by molar-refractivity contribution is 9.10. The number of hydrogen-bond acceptors (Lipinski definition) is 2. The number of nitrogens with zero attached hydrogens (tertiary/aromatic N) is 2. The van der Waals surface area contributed by atoms with E-state index in [4.69, 9.17) is 5.26 Å². The van der Waals surface area contributed by atoms with Gasteiger partial charge in [-0.25, -0.2) is 0 Å². The van der Waals surface area contributed by atoms with Crippen LogP contribution in [-0.4, -0.2) is 23.9 Å². The van der Waals surface area contributed by atoms with Gasteiger partial charge in [-0.1, -0.05) is 28.1 Å². The summed E-state index contributed by atoms with van der Waals surface area (Å²) < 4.78 is 1.01. The largest absolute Gasteiger partial charge is 0.326 e. The third-order valence-electron chi connectivity index (χ3n) is 3.14. The number of nitriles is 1. The van der Waals surface area contributed by atoms with E-state index in [1.165, 1.54) is 4.90 Å². The molecule has 2 rings (SSSR count). The van der Waals surface area contributed by atoms with Crippen LogP contribution in [-0.2, 0) is 0 Å². The highest BCUT2D eigenvalue weighted by Gasteiger charge is 2.17. The van der Waals surface area contributed by atoms with Crippen LogP contribution < -0.4 is 0 Å². The summed E-state index contributed by atoms with van der Waals surface area (Å²) in [6.45, 7) is 1.70. The Morgan fingerprint density at radius 3 is 2.58 bits per heavy atom. The fourth-order valence-corrected chi connectivity index (χ4v) is 2.19. The summed E-state index contributed by atoms with van der Waals surface area (Å²) in [5, 5.41) is 10.9. The summed E-state index contributed by atoms with van der Waals surface area (Å²) in [7, 11) is 1.64. The summed E-state index contributed by atoms with van der Waals surface area (Å²) in [5.74, 6) is -0.140. The smallest absolute Gasteiger partial charge is 0.254 e. The molecule has 2 aromatic rings. The Morgan fingerprint density at radius 2 is 1.89 bits per heavy atom. The van der Waals surface area contributed by atoms with E-state index in [2.05, 4.69) is 22.0 Å². The van der Waals surface area contributed by atoms with Crippen LogP contribution in [0.25, 0.3) is 10.8 Å². The molecule has 96 valence electrons. The lowest BCUT2D eigenvalue weighted by atomic mass is 10.1. The van der Waals surface area contributed by atoms with Gasteiger partial charge in [0.25, 0.3) is 5.91 Å². The van der Waals surface area contributed by atoms with Gasteiger partial charge >= 0.3 is 0 Å². The fourth-order valence-electron chi connectivity index (χ4n) is 1.82. The van der Waals surface area contributed by atoms with Crippen molar-refractivity contribution in [3.05, 3.63) is 46.4 Å². The average Bonchev–Trinajstić information content (AvgIpc) is 2.44. The van der Waals surface area contributed by atoms with E-state index in [9.17, 15) is 4.79 Å². The zero-order chi connectivity index (χ0) is 14.0. The molecule has 19 heavy (non-hydrogen) atoms. The van der Waals surface area contributed by atoms with Crippen molar-refractivity contribution < 1.29 is 4.79 Å². The zero-order valence-electron chi connectivity index (χ0n) is 10.7. The van der Waals surface area contributed by atoms with E-state index in [0.29, 0.717) is 5.56 Å². The molecular formula is C15H13BrN2O. The number of amides is 1. The average molecular weight is 317 g/mol. The van der Waals surface area contributed by atoms with Crippen molar-refractivity contribution in [2.75, 3.05) is 7.05 Å². The first-order chi connectivity index (χ1) is 9.02. The maximum Gasteiger partial charge on any atom is 0.254 e. The van der Waals surface area contributed by atoms with Gasteiger partial charge in [0.15, 0.2) is 0 Å². The van der Waals surface area contributed by atoms with Crippen molar-refractivity contribution in [2.24, 2.45) is 0 Å². The van der Waals surface area contributed by atoms with Gasteiger partial charge in [0.2, 0.25) is 0 Å². The SMILES string of the molecule is CC(C#N)N(C)C(=O)c1ccc2cc(Br)ccc2c1. The molecular weight excluding hydrogens is 304 g/mol. The van der Waals surface area contributed by atoms with Gasteiger partial charge in [0.05, 0.1) is 6.07 Å². The summed E-state index contributed by atoms with van der Waals surface area (Å²) in [4.78, 5) is 13.7. The lowest BCUT2D eigenvalue weighted by Crippen LogP contribution is -2.33. The highest BCUT2D eigenvalue weighted by Crippen LogP contribution is 2.21. The lowest BCUT2D eigenvalue weighted by Gasteiger charge is -2.19. The Labute approximate surface area is 120 Å². The van der Waals surface area contributed by atoms with Crippen molar-refractivity contribution in [1.29, 1.82) is 5.26 Å². The van der Waals surface area contributed by atoms with E-state index in [0.717, 1.165) is 15.2 Å². The minimum absolute atomic E-state index is 0.140. The summed E-state index contributed by atoms with van der Waals surface area (Å²) in [6.07, 6.45) is 0. The van der Waals surface area contributed by atoms with Gasteiger partial charge in [-0.15, -0.1) is 0 Å². The van der Waals surface area contributed by atoms with Crippen LogP contribution in [0, 0.1) is 11.3 Å². The molecule has 0 radical (unpaired) electrons. The molecule has 0 bridgehead atoms. The predicted molar refractivity (Wildman–Crippen MR) is 78.8 cm³/mol. The van der Waals surface area contributed by atoms with Crippen molar-refractivity contribution >= 4 is 32.6 Å². The number of carbonyl (C=O) groups excluding carboxylic acids is 1. The van der Waals surface area contributed by atoms with Gasteiger partial charge in [0.1, 0.15) is 6.04 Å². The molecule has 0 aliphatic carbocycles. The first-order valence-electron chi connectivity index (χ1n) is 5.89. The Morgan fingerprint density at radius 1 is 1.26 bits per heavy atom. The second-order valence-corrected chi connectivity index (χ2v) is 5.34. The molecule has 0 aromatic heterocycles. The van der Waals surface area contributed by atoms with Gasteiger partial charge in [-0.05, 0) is 42.0 Å². The molecule has 0 aliphatic heterocycles. The Kier molecular flexibility index (Phi) is 3.87. The van der Waals surface area contributed by atoms with E-state index in [1.807, 2.05) is 30.3 Å². The minimum atomic E-state index is -0.437. The van der Waals surface area contributed by atoms with Crippen LogP contribution in [0.5, 0.6) is 0 Å². The minimum Gasteiger partial charge on any atom is -0.326 e. The number of halogens is 1. The topological polar surface area (TPSA) is 44.1 Å². The normalized spacial score (nSPS) is 11.9. The van der Waals surface area contributed by atoms with Gasteiger partial charge in [-0.2, -0.15) is 5.26 Å². The maximum atomic E-state index is 12.2. The van der Waals surface area contributed by atoms with Crippen LogP contribution in [0.3, 0.4) is 0 Å². The summed E-state index contributed by atoms with van der Waals surface area (Å²) in [5.41, 5.74) is 0.597. The Bertz CT molecular complexity index is 675. The molecule has 0 heterocycles. The van der Waals surface area contributed by atoms with Gasteiger partial charge in [-0.3, -0.25) is 4.79 Å². The monoisotopic (exact) mass is 316 g/mol. The second-order valence-electron chi connectivity index (χ2n) is 4.43. The van der Waals surface area contributed by atoms with E-state index >= 15 is 0 Å². The molecule has 3 nitrogen and oxygen atoms in total. The molecule has 1 atom stereocenters. The van der Waals surface area contributed by atoms with Crippen LogP contribution >= 0.6 is 15.9 Å². The van der Waals surface area contributed by atoms with Crippen molar-refractivity contribution in [2.45, 2.75) is 13.0 Å². The van der Waals surface area contributed by atoms with Crippen LogP contribution in [0.2, 0.25) is 0 Å². The maximum absolute atomic E-state index is 12.2. The third-order valence-corrected chi connectivity index (χ3v) is 3.63. The molecule has 1 unspecified atom stereocenters.